The Hall–Kier alpha value is -4.81. The number of halogens is 3. The van der Waals surface area contributed by atoms with Crippen LogP contribution in [0.1, 0.15) is 54.9 Å². The van der Waals surface area contributed by atoms with Crippen molar-refractivity contribution in [3.63, 3.8) is 0 Å². The van der Waals surface area contributed by atoms with Crippen molar-refractivity contribution in [3.05, 3.63) is 94.3 Å². The molecule has 1 unspecified atom stereocenters. The summed E-state index contributed by atoms with van der Waals surface area (Å²) >= 11 is 0. The number of nitrogens with zero attached hydrogens (tertiary/aromatic N) is 3. The summed E-state index contributed by atoms with van der Waals surface area (Å²) in [7, 11) is 0. The lowest BCUT2D eigenvalue weighted by atomic mass is 9.94. The van der Waals surface area contributed by atoms with Gasteiger partial charge in [-0.05, 0) is 59.9 Å². The van der Waals surface area contributed by atoms with E-state index in [0.29, 0.717) is 28.9 Å². The number of carbonyl (C=O) groups excluding carboxylic acids is 2. The number of hydrogen-bond acceptors (Lipinski definition) is 6. The molecule has 0 saturated carbocycles. The fourth-order valence-electron chi connectivity index (χ4n) is 5.18. The van der Waals surface area contributed by atoms with Gasteiger partial charge in [0.1, 0.15) is 12.3 Å². The van der Waals surface area contributed by atoms with E-state index in [1.54, 1.807) is 30.3 Å². The highest BCUT2D eigenvalue weighted by atomic mass is 19.4. The number of carboxylic acid groups (broad SMARTS) is 1. The monoisotopic (exact) mass is 643 g/mol. The molecule has 13 heteroatoms. The molecule has 2 amide bonds. The highest BCUT2D eigenvalue weighted by molar-refractivity contribution is 5.85. The fraction of sp³-hybridized carbons (Fsp3) is 0.394. The van der Waals surface area contributed by atoms with Gasteiger partial charge >= 0.3 is 18.2 Å². The van der Waals surface area contributed by atoms with Gasteiger partial charge in [0.05, 0.1) is 37.3 Å². The lowest BCUT2D eigenvalue weighted by Gasteiger charge is -2.24. The highest BCUT2D eigenvalue weighted by Crippen LogP contribution is 2.31. The standard InChI is InChI=1S/C33H36F3N3O7/c1-2-3-16-46-32(43)38(29-7-4-5-15-39(29)44)14-6-17-45-28-13-10-24-18-25(20-30(40)41)31(42)37(22-26(24)19-28)21-23-8-11-27(12-9-23)33(34,35)36/h4-5,7-13,15,19,25H,2-3,6,14,16-18,20-22H2,1H3,(H,40,41). The van der Waals surface area contributed by atoms with Crippen molar-refractivity contribution in [2.45, 2.75) is 58.3 Å². The van der Waals surface area contributed by atoms with Gasteiger partial charge in [-0.1, -0.05) is 37.6 Å². The van der Waals surface area contributed by atoms with E-state index in [9.17, 15) is 37.9 Å². The predicted molar refractivity (Wildman–Crippen MR) is 161 cm³/mol. The Balaban J connectivity index is 1.46. The number of carbonyl (C=O) groups is 3. The van der Waals surface area contributed by atoms with Crippen molar-refractivity contribution in [2.24, 2.45) is 5.92 Å². The number of ether oxygens (including phenoxy) is 2. The van der Waals surface area contributed by atoms with Gasteiger partial charge in [0, 0.05) is 25.6 Å². The van der Waals surface area contributed by atoms with Gasteiger partial charge in [0.25, 0.3) is 5.82 Å². The quantitative estimate of drug-likeness (QED) is 0.143. The van der Waals surface area contributed by atoms with Crippen LogP contribution in [-0.2, 0) is 40.0 Å². The van der Waals surface area contributed by atoms with Crippen LogP contribution in [0.5, 0.6) is 5.75 Å². The minimum Gasteiger partial charge on any atom is -0.711 e. The molecular formula is C33H36F3N3O7. The minimum atomic E-state index is -4.49. The lowest BCUT2D eigenvalue weighted by molar-refractivity contribution is -0.591. The molecule has 2 heterocycles. The van der Waals surface area contributed by atoms with E-state index >= 15 is 0 Å². The number of aromatic nitrogens is 1. The van der Waals surface area contributed by atoms with E-state index in [2.05, 4.69) is 0 Å². The van der Waals surface area contributed by atoms with Gasteiger partial charge in [-0.15, -0.1) is 0 Å². The van der Waals surface area contributed by atoms with E-state index in [1.165, 1.54) is 34.2 Å². The third kappa shape index (κ3) is 9.11. The molecule has 1 aromatic heterocycles. The molecule has 0 spiro atoms. The summed E-state index contributed by atoms with van der Waals surface area (Å²) in [4.78, 5) is 40.4. The van der Waals surface area contributed by atoms with E-state index in [4.69, 9.17) is 9.47 Å². The maximum atomic E-state index is 13.4. The van der Waals surface area contributed by atoms with E-state index in [0.717, 1.165) is 29.7 Å². The number of anilines is 1. The minimum absolute atomic E-state index is 0.000997. The zero-order valence-electron chi connectivity index (χ0n) is 25.4. The molecule has 1 aliphatic heterocycles. The van der Waals surface area contributed by atoms with Crippen LogP contribution in [-0.4, -0.2) is 47.7 Å². The average Bonchev–Trinajstić information content (AvgIpc) is 3.13. The van der Waals surface area contributed by atoms with Crippen molar-refractivity contribution in [3.8, 4) is 5.75 Å². The topological polar surface area (TPSA) is 123 Å². The van der Waals surface area contributed by atoms with Crippen LogP contribution in [0, 0.1) is 11.1 Å². The van der Waals surface area contributed by atoms with Crippen LogP contribution in [0.2, 0.25) is 0 Å². The first-order valence-corrected chi connectivity index (χ1v) is 15.0. The van der Waals surface area contributed by atoms with Gasteiger partial charge in [-0.2, -0.15) is 22.9 Å². The van der Waals surface area contributed by atoms with Crippen LogP contribution in [0.15, 0.2) is 66.9 Å². The summed E-state index contributed by atoms with van der Waals surface area (Å²) in [5, 5.41) is 21.8. The molecule has 246 valence electrons. The number of unbranched alkanes of at least 4 members (excludes halogenated alkanes) is 1. The van der Waals surface area contributed by atoms with Crippen molar-refractivity contribution in [2.75, 3.05) is 24.7 Å². The molecule has 0 fully saturated rings. The fourth-order valence-corrected chi connectivity index (χ4v) is 5.18. The van der Waals surface area contributed by atoms with Gasteiger partial charge < -0.3 is 24.7 Å². The van der Waals surface area contributed by atoms with Crippen LogP contribution < -0.4 is 14.4 Å². The largest absolute Gasteiger partial charge is 0.711 e. The number of alkyl halides is 3. The molecule has 1 aliphatic rings. The summed E-state index contributed by atoms with van der Waals surface area (Å²) in [6, 6.07) is 14.5. The first kappa shape index (κ1) is 34.1. The number of benzene rings is 2. The molecule has 46 heavy (non-hydrogen) atoms. The van der Waals surface area contributed by atoms with Gasteiger partial charge in [0.15, 0.2) is 0 Å². The zero-order chi connectivity index (χ0) is 33.3. The van der Waals surface area contributed by atoms with Crippen LogP contribution >= 0.6 is 0 Å². The summed E-state index contributed by atoms with van der Waals surface area (Å²) in [5.74, 6) is -1.76. The predicted octanol–water partition coefficient (Wildman–Crippen LogP) is 5.73. The molecule has 0 aliphatic carbocycles. The Morgan fingerprint density at radius 2 is 1.83 bits per heavy atom. The molecule has 4 rings (SSSR count). The molecule has 1 N–H and O–H groups in total. The first-order chi connectivity index (χ1) is 22.0. The Bertz CT molecular complexity index is 1520. The van der Waals surface area contributed by atoms with E-state index < -0.39 is 35.6 Å². The van der Waals surface area contributed by atoms with E-state index in [1.807, 2.05) is 6.92 Å². The van der Waals surface area contributed by atoms with Crippen molar-refractivity contribution in [1.29, 1.82) is 0 Å². The van der Waals surface area contributed by atoms with Gasteiger partial charge in [-0.3, -0.25) is 9.59 Å². The SMILES string of the molecule is CCCCOC(=O)N(CCCOc1ccc2c(c1)CN(Cc1ccc(C(F)(F)F)cc1)C(=O)C(CC(=O)O)C2)c1cccc[n+]1[O-]. The average molecular weight is 644 g/mol. The molecule has 10 nitrogen and oxygen atoms in total. The maximum absolute atomic E-state index is 13.4. The summed E-state index contributed by atoms with van der Waals surface area (Å²) in [5.41, 5.74) is 1.17. The summed E-state index contributed by atoms with van der Waals surface area (Å²) in [6.45, 7) is 2.64. The number of hydrogen-bond donors (Lipinski definition) is 1. The number of carboxylic acids is 1. The molecule has 0 bridgehead atoms. The third-order valence-corrected chi connectivity index (χ3v) is 7.56. The number of aliphatic carboxylic acids is 1. The molecule has 0 saturated heterocycles. The molecular weight excluding hydrogens is 607 g/mol. The summed E-state index contributed by atoms with van der Waals surface area (Å²) < 4.78 is 51.0. The lowest BCUT2D eigenvalue weighted by Crippen LogP contribution is -2.42. The Morgan fingerprint density at radius 1 is 1.07 bits per heavy atom. The molecule has 1 atom stereocenters. The molecule has 0 radical (unpaired) electrons. The second-order valence-corrected chi connectivity index (χ2v) is 11.0. The Kier molecular flexibility index (Phi) is 11.4. The Morgan fingerprint density at radius 3 is 2.50 bits per heavy atom. The highest BCUT2D eigenvalue weighted by Gasteiger charge is 2.33. The smallest absolute Gasteiger partial charge is 0.507 e. The number of fused-ring (bicyclic) bond motifs is 1. The van der Waals surface area contributed by atoms with Crippen molar-refractivity contribution >= 4 is 23.8 Å². The van der Waals surface area contributed by atoms with Crippen LogP contribution in [0.4, 0.5) is 23.8 Å². The van der Waals surface area contributed by atoms with Crippen LogP contribution in [0.25, 0.3) is 0 Å². The third-order valence-electron chi connectivity index (χ3n) is 7.56. The number of amides is 2. The van der Waals surface area contributed by atoms with Gasteiger partial charge in [0.2, 0.25) is 5.91 Å². The van der Waals surface area contributed by atoms with Crippen molar-refractivity contribution in [1.82, 2.24) is 4.90 Å². The van der Waals surface area contributed by atoms with Crippen LogP contribution in [0.3, 0.4) is 0 Å². The summed E-state index contributed by atoms with van der Waals surface area (Å²) in [6.07, 6.45) is -2.15. The second-order valence-electron chi connectivity index (χ2n) is 11.0. The normalized spacial score (nSPS) is 14.7. The number of pyridine rings is 1. The molecule has 2 aromatic carbocycles. The number of rotatable bonds is 13. The first-order valence-electron chi connectivity index (χ1n) is 15.0. The second kappa shape index (κ2) is 15.5. The Labute approximate surface area is 264 Å². The van der Waals surface area contributed by atoms with Crippen molar-refractivity contribution < 1.29 is 46.9 Å². The molecule has 3 aromatic rings. The van der Waals surface area contributed by atoms with E-state index in [-0.39, 0.29) is 51.5 Å². The van der Waals surface area contributed by atoms with Gasteiger partial charge in [-0.25, -0.2) is 4.73 Å². The maximum Gasteiger partial charge on any atom is 0.507 e. The zero-order valence-corrected chi connectivity index (χ0v) is 25.4.